The van der Waals surface area contributed by atoms with Crippen molar-refractivity contribution in [3.63, 3.8) is 0 Å². The first-order valence-corrected chi connectivity index (χ1v) is 7.33. The van der Waals surface area contributed by atoms with E-state index in [9.17, 15) is 18.0 Å². The van der Waals surface area contributed by atoms with Gasteiger partial charge >= 0.3 is 0 Å². The second kappa shape index (κ2) is 6.03. The summed E-state index contributed by atoms with van der Waals surface area (Å²) in [5.74, 6) is -6.75. The Balaban J connectivity index is 2.38. The number of alkyl halides is 1. The number of phenolic OH excluding ortho intramolecular Hbond substituents is 1. The van der Waals surface area contributed by atoms with Crippen LogP contribution >= 0.6 is 15.9 Å². The van der Waals surface area contributed by atoms with Crippen LogP contribution in [0.2, 0.25) is 0 Å². The summed E-state index contributed by atoms with van der Waals surface area (Å²) in [6, 6.07) is 0.373. The van der Waals surface area contributed by atoms with Gasteiger partial charge < -0.3 is 10.0 Å². The van der Waals surface area contributed by atoms with Gasteiger partial charge in [0.2, 0.25) is 5.82 Å². The van der Waals surface area contributed by atoms with Crippen molar-refractivity contribution >= 4 is 21.8 Å². The summed E-state index contributed by atoms with van der Waals surface area (Å²) in [7, 11) is 0. The SMILES string of the molecule is O=C(c1cc(F)c(F)c(O)c1F)N1CCCCC1CBr. The molecule has 7 heteroatoms. The lowest BCUT2D eigenvalue weighted by atomic mass is 10.0. The van der Waals surface area contributed by atoms with Crippen molar-refractivity contribution in [2.45, 2.75) is 25.3 Å². The molecule has 1 aromatic rings. The minimum absolute atomic E-state index is 0.120. The van der Waals surface area contributed by atoms with Crippen molar-refractivity contribution in [3.05, 3.63) is 29.1 Å². The molecule has 20 heavy (non-hydrogen) atoms. The molecule has 0 bridgehead atoms. The highest BCUT2D eigenvalue weighted by Gasteiger charge is 2.30. The number of nitrogens with zero attached hydrogens (tertiary/aromatic N) is 1. The van der Waals surface area contributed by atoms with Crippen LogP contribution < -0.4 is 0 Å². The van der Waals surface area contributed by atoms with E-state index in [-0.39, 0.29) is 6.04 Å². The largest absolute Gasteiger partial charge is 0.503 e. The lowest BCUT2D eigenvalue weighted by molar-refractivity contribution is 0.0635. The number of carbonyl (C=O) groups excluding carboxylic acids is 1. The number of phenols is 1. The minimum atomic E-state index is -1.69. The van der Waals surface area contributed by atoms with E-state index in [1.165, 1.54) is 4.90 Å². The van der Waals surface area contributed by atoms with Gasteiger partial charge in [0.1, 0.15) is 0 Å². The van der Waals surface area contributed by atoms with Crippen molar-refractivity contribution in [2.75, 3.05) is 11.9 Å². The Labute approximate surface area is 122 Å². The molecule has 1 aromatic carbocycles. The van der Waals surface area contributed by atoms with E-state index in [1.807, 2.05) is 0 Å². The summed E-state index contributed by atoms with van der Waals surface area (Å²) in [6.07, 6.45) is 2.48. The average molecular weight is 352 g/mol. The molecule has 110 valence electrons. The molecule has 1 heterocycles. The van der Waals surface area contributed by atoms with Gasteiger partial charge in [-0.1, -0.05) is 15.9 Å². The lowest BCUT2D eigenvalue weighted by Crippen LogP contribution is -2.45. The van der Waals surface area contributed by atoms with E-state index >= 15 is 0 Å². The Hall–Kier alpha value is -1.24. The second-order valence-electron chi connectivity index (χ2n) is 4.68. The van der Waals surface area contributed by atoms with E-state index in [0.29, 0.717) is 17.9 Å². The van der Waals surface area contributed by atoms with E-state index in [1.54, 1.807) is 0 Å². The predicted octanol–water partition coefficient (Wildman–Crippen LogP) is 3.20. The monoisotopic (exact) mass is 351 g/mol. The number of hydrogen-bond acceptors (Lipinski definition) is 2. The molecular formula is C13H13BrF3NO2. The summed E-state index contributed by atoms with van der Waals surface area (Å²) >= 11 is 3.28. The van der Waals surface area contributed by atoms with Crippen LogP contribution in [-0.2, 0) is 0 Å². The number of halogens is 4. The molecule has 1 saturated heterocycles. The van der Waals surface area contributed by atoms with Crippen LogP contribution in [0.5, 0.6) is 5.75 Å². The maximum atomic E-state index is 13.8. The highest BCUT2D eigenvalue weighted by atomic mass is 79.9. The van der Waals surface area contributed by atoms with E-state index < -0.39 is 34.7 Å². The maximum Gasteiger partial charge on any atom is 0.257 e. The molecule has 0 saturated carbocycles. The van der Waals surface area contributed by atoms with E-state index in [4.69, 9.17) is 5.11 Å². The molecular weight excluding hydrogens is 339 g/mol. The smallest absolute Gasteiger partial charge is 0.257 e. The fourth-order valence-electron chi connectivity index (χ4n) is 2.33. The summed E-state index contributed by atoms with van der Waals surface area (Å²) in [4.78, 5) is 13.7. The third-order valence-corrected chi connectivity index (χ3v) is 4.18. The molecule has 3 nitrogen and oxygen atoms in total. The summed E-state index contributed by atoms with van der Waals surface area (Å²) in [5, 5.41) is 9.69. The fraction of sp³-hybridized carbons (Fsp3) is 0.462. The number of carbonyl (C=O) groups is 1. The van der Waals surface area contributed by atoms with Crippen LogP contribution in [-0.4, -0.2) is 33.8 Å². The van der Waals surface area contributed by atoms with Gasteiger partial charge in [0.25, 0.3) is 5.91 Å². The lowest BCUT2D eigenvalue weighted by Gasteiger charge is -2.34. The van der Waals surface area contributed by atoms with E-state index in [2.05, 4.69) is 15.9 Å². The summed E-state index contributed by atoms with van der Waals surface area (Å²) in [5.41, 5.74) is -0.644. The highest BCUT2D eigenvalue weighted by Crippen LogP contribution is 2.28. The molecule has 0 aliphatic carbocycles. The Bertz CT molecular complexity index is 539. The van der Waals surface area contributed by atoms with Crippen molar-refractivity contribution in [1.29, 1.82) is 0 Å². The van der Waals surface area contributed by atoms with Crippen LogP contribution in [0, 0.1) is 17.5 Å². The molecule has 1 amide bonds. The molecule has 1 N–H and O–H groups in total. The Morgan fingerprint density at radius 2 is 2.05 bits per heavy atom. The van der Waals surface area contributed by atoms with Gasteiger partial charge in [-0.15, -0.1) is 0 Å². The zero-order valence-corrected chi connectivity index (χ0v) is 12.1. The Morgan fingerprint density at radius 3 is 2.70 bits per heavy atom. The summed E-state index contributed by atoms with van der Waals surface area (Å²) < 4.78 is 40.0. The van der Waals surface area contributed by atoms with Crippen molar-refractivity contribution in [2.24, 2.45) is 0 Å². The molecule has 0 spiro atoms. The zero-order valence-electron chi connectivity index (χ0n) is 10.5. The second-order valence-corrected chi connectivity index (χ2v) is 5.33. The summed E-state index contributed by atoms with van der Waals surface area (Å²) in [6.45, 7) is 0.425. The first-order chi connectivity index (χ1) is 9.47. The molecule has 0 aromatic heterocycles. The van der Waals surface area contributed by atoms with Crippen LogP contribution in [0.25, 0.3) is 0 Å². The Morgan fingerprint density at radius 1 is 1.35 bits per heavy atom. The standard InChI is InChI=1S/C13H13BrF3NO2/c14-6-7-3-1-2-4-18(7)13(20)8-5-9(15)11(17)12(19)10(8)16/h5,7,19H,1-4,6H2. The number of likely N-dealkylation sites (tertiary alicyclic amines) is 1. The van der Waals surface area contributed by atoms with Gasteiger partial charge in [0, 0.05) is 17.9 Å². The number of piperidine rings is 1. The molecule has 0 radical (unpaired) electrons. The topological polar surface area (TPSA) is 40.5 Å². The van der Waals surface area contributed by atoms with Gasteiger partial charge in [0.05, 0.1) is 5.56 Å². The number of aromatic hydroxyl groups is 1. The van der Waals surface area contributed by atoms with Gasteiger partial charge in [-0.25, -0.2) is 8.78 Å². The molecule has 2 rings (SSSR count). The Kier molecular flexibility index (Phi) is 4.57. The van der Waals surface area contributed by atoms with E-state index in [0.717, 1.165) is 19.3 Å². The highest BCUT2D eigenvalue weighted by molar-refractivity contribution is 9.09. The quantitative estimate of drug-likeness (QED) is 0.656. The molecule has 1 unspecified atom stereocenters. The van der Waals surface area contributed by atoms with Crippen molar-refractivity contribution in [1.82, 2.24) is 4.90 Å². The fourth-order valence-corrected chi connectivity index (χ4v) is 3.00. The van der Waals surface area contributed by atoms with Gasteiger partial charge in [0.15, 0.2) is 17.4 Å². The molecule has 1 fully saturated rings. The first kappa shape index (κ1) is 15.2. The number of benzene rings is 1. The van der Waals surface area contributed by atoms with Gasteiger partial charge in [-0.05, 0) is 25.3 Å². The van der Waals surface area contributed by atoms with Crippen LogP contribution in [0.1, 0.15) is 29.6 Å². The molecule has 1 aliphatic rings. The predicted molar refractivity (Wildman–Crippen MR) is 70.5 cm³/mol. The van der Waals surface area contributed by atoms with Crippen LogP contribution in [0.4, 0.5) is 13.2 Å². The number of hydrogen-bond donors (Lipinski definition) is 1. The first-order valence-electron chi connectivity index (χ1n) is 6.20. The number of rotatable bonds is 2. The maximum absolute atomic E-state index is 13.8. The molecule has 1 aliphatic heterocycles. The normalized spacial score (nSPS) is 19.2. The van der Waals surface area contributed by atoms with Crippen LogP contribution in [0.15, 0.2) is 6.07 Å². The van der Waals surface area contributed by atoms with Crippen LogP contribution in [0.3, 0.4) is 0 Å². The van der Waals surface area contributed by atoms with Gasteiger partial charge in [-0.2, -0.15) is 4.39 Å². The van der Waals surface area contributed by atoms with Gasteiger partial charge in [-0.3, -0.25) is 4.79 Å². The van der Waals surface area contributed by atoms with Crippen molar-refractivity contribution < 1.29 is 23.1 Å². The molecule has 1 atom stereocenters. The number of amides is 1. The third kappa shape index (κ3) is 2.63. The zero-order chi connectivity index (χ0) is 14.9. The minimum Gasteiger partial charge on any atom is -0.503 e. The van der Waals surface area contributed by atoms with Crippen molar-refractivity contribution in [3.8, 4) is 5.75 Å². The average Bonchev–Trinajstić information content (AvgIpc) is 2.48. The third-order valence-electron chi connectivity index (χ3n) is 3.43.